The lowest BCUT2D eigenvalue weighted by Gasteiger charge is -1.92. The topological polar surface area (TPSA) is 12.0 Å². The van der Waals surface area contributed by atoms with Crippen LogP contribution < -0.4 is 5.32 Å². The van der Waals surface area contributed by atoms with E-state index in [1.807, 2.05) is 13.0 Å². The van der Waals surface area contributed by atoms with Crippen molar-refractivity contribution in [2.24, 2.45) is 0 Å². The Labute approximate surface area is 45.4 Å². The summed E-state index contributed by atoms with van der Waals surface area (Å²) in [4.78, 5) is 0. The van der Waals surface area contributed by atoms with Crippen LogP contribution in [-0.4, -0.2) is 13.1 Å². The average molecular weight is 98.2 g/mol. The van der Waals surface area contributed by atoms with E-state index in [4.69, 9.17) is 0 Å². The lowest BCUT2D eigenvalue weighted by Crippen LogP contribution is -2.13. The molecule has 0 heterocycles. The maximum Gasteiger partial charge on any atom is 0.0132 e. The van der Waals surface area contributed by atoms with Gasteiger partial charge < -0.3 is 5.32 Å². The van der Waals surface area contributed by atoms with Gasteiger partial charge in [-0.25, -0.2) is 0 Å². The molecule has 0 atom stereocenters. The van der Waals surface area contributed by atoms with Crippen LogP contribution >= 0.6 is 0 Å². The van der Waals surface area contributed by atoms with Crippen LogP contribution in [0.1, 0.15) is 6.92 Å². The van der Waals surface area contributed by atoms with Crippen molar-refractivity contribution >= 4 is 0 Å². The van der Waals surface area contributed by atoms with Crippen molar-refractivity contribution in [3.63, 3.8) is 0 Å². The highest BCUT2D eigenvalue weighted by atomic mass is 14.8. The third-order valence-electron chi connectivity index (χ3n) is 0.637. The van der Waals surface area contributed by atoms with E-state index in [0.29, 0.717) is 0 Å². The van der Waals surface area contributed by atoms with Gasteiger partial charge >= 0.3 is 0 Å². The minimum Gasteiger partial charge on any atom is -0.313 e. The van der Waals surface area contributed by atoms with Gasteiger partial charge in [-0.1, -0.05) is 13.0 Å². The lowest BCUT2D eigenvalue weighted by molar-refractivity contribution is 0.812. The Balaban J connectivity index is 2.56. The van der Waals surface area contributed by atoms with Gasteiger partial charge in [0.1, 0.15) is 0 Å². The van der Waals surface area contributed by atoms with Gasteiger partial charge in [-0.3, -0.25) is 0 Å². The third kappa shape index (κ3) is 5.70. The molecular weight excluding hydrogens is 86.1 g/mol. The second kappa shape index (κ2) is 5.70. The zero-order chi connectivity index (χ0) is 5.54. The van der Waals surface area contributed by atoms with E-state index < -0.39 is 0 Å². The third-order valence-corrected chi connectivity index (χ3v) is 0.637. The van der Waals surface area contributed by atoms with Crippen molar-refractivity contribution in [2.75, 3.05) is 13.1 Å². The Kier molecular flexibility index (Phi) is 5.46. The average Bonchev–Trinajstić information content (AvgIpc) is 1.69. The number of rotatable bonds is 4. The Morgan fingerprint density at radius 2 is 2.29 bits per heavy atom. The largest absolute Gasteiger partial charge is 0.313 e. The van der Waals surface area contributed by atoms with E-state index >= 15 is 0 Å². The predicted octanol–water partition coefficient (Wildman–Crippen LogP) is 0.986. The van der Waals surface area contributed by atoms with Gasteiger partial charge in [-0.2, -0.15) is 0 Å². The van der Waals surface area contributed by atoms with E-state index in [9.17, 15) is 0 Å². The highest BCUT2D eigenvalue weighted by Gasteiger charge is 1.74. The molecular formula is C6H12N. The van der Waals surface area contributed by atoms with Gasteiger partial charge in [0, 0.05) is 6.54 Å². The van der Waals surface area contributed by atoms with Crippen molar-refractivity contribution in [2.45, 2.75) is 6.92 Å². The number of hydrogen-bond donors (Lipinski definition) is 1. The molecule has 0 aromatic heterocycles. The summed E-state index contributed by atoms with van der Waals surface area (Å²) in [5.74, 6) is 0. The van der Waals surface area contributed by atoms with Gasteiger partial charge in [0.15, 0.2) is 0 Å². The van der Waals surface area contributed by atoms with Gasteiger partial charge in [0.25, 0.3) is 0 Å². The van der Waals surface area contributed by atoms with E-state index in [1.54, 1.807) is 0 Å². The fraction of sp³-hybridized carbons (Fsp3) is 0.500. The van der Waals surface area contributed by atoms with Crippen LogP contribution in [0.5, 0.6) is 0 Å². The Bertz CT molecular complexity index is 41.4. The van der Waals surface area contributed by atoms with Crippen LogP contribution in [-0.2, 0) is 0 Å². The molecule has 0 spiro atoms. The standard InChI is InChI=1S/C6H12N/c1-3-5-7-6-4-2/h3-4,7H,1,5-6H2,2H3. The zero-order valence-electron chi connectivity index (χ0n) is 4.78. The summed E-state index contributed by atoms with van der Waals surface area (Å²) in [7, 11) is 0. The van der Waals surface area contributed by atoms with Crippen LogP contribution in [0.15, 0.2) is 12.7 Å². The second-order valence-corrected chi connectivity index (χ2v) is 1.36. The van der Waals surface area contributed by atoms with Crippen LogP contribution in [0.4, 0.5) is 0 Å². The molecule has 0 rings (SSSR count). The smallest absolute Gasteiger partial charge is 0.0132 e. The molecule has 0 fully saturated rings. The van der Waals surface area contributed by atoms with E-state index in [2.05, 4.69) is 18.3 Å². The molecule has 0 aromatic rings. The molecule has 0 aliphatic carbocycles. The van der Waals surface area contributed by atoms with Crippen LogP contribution in [0.25, 0.3) is 0 Å². The van der Waals surface area contributed by atoms with Gasteiger partial charge in [-0.15, -0.1) is 6.58 Å². The fourth-order valence-electron chi connectivity index (χ4n) is 0.330. The quantitative estimate of drug-likeness (QED) is 0.408. The molecule has 0 bridgehead atoms. The maximum atomic E-state index is 3.56. The number of hydrogen-bond acceptors (Lipinski definition) is 1. The second-order valence-electron chi connectivity index (χ2n) is 1.36. The predicted molar refractivity (Wildman–Crippen MR) is 33.0 cm³/mol. The summed E-state index contributed by atoms with van der Waals surface area (Å²) in [5, 5.41) is 3.11. The van der Waals surface area contributed by atoms with Gasteiger partial charge in [0.05, 0.1) is 0 Å². The first-order valence-corrected chi connectivity index (χ1v) is 2.51. The first-order valence-electron chi connectivity index (χ1n) is 2.51. The highest BCUT2D eigenvalue weighted by Crippen LogP contribution is 1.65. The van der Waals surface area contributed by atoms with Gasteiger partial charge in [0.2, 0.25) is 0 Å². The first-order chi connectivity index (χ1) is 3.41. The molecule has 41 valence electrons. The molecule has 0 unspecified atom stereocenters. The first kappa shape index (κ1) is 6.70. The Hall–Kier alpha value is -0.300. The summed E-state index contributed by atoms with van der Waals surface area (Å²) in [5.41, 5.74) is 0. The van der Waals surface area contributed by atoms with E-state index in [1.165, 1.54) is 0 Å². The van der Waals surface area contributed by atoms with Crippen LogP contribution in [0, 0.1) is 6.42 Å². The molecule has 0 aromatic carbocycles. The Morgan fingerprint density at radius 3 is 2.71 bits per heavy atom. The number of nitrogens with one attached hydrogen (secondary N) is 1. The summed E-state index contributed by atoms with van der Waals surface area (Å²) in [6, 6.07) is 0. The van der Waals surface area contributed by atoms with E-state index in [-0.39, 0.29) is 0 Å². The molecule has 7 heavy (non-hydrogen) atoms. The normalized spacial score (nSPS) is 8.71. The molecule has 0 saturated heterocycles. The fourth-order valence-corrected chi connectivity index (χ4v) is 0.330. The molecule has 0 aliphatic rings. The van der Waals surface area contributed by atoms with Crippen molar-refractivity contribution in [3.05, 3.63) is 19.1 Å². The maximum absolute atomic E-state index is 3.56. The van der Waals surface area contributed by atoms with Crippen molar-refractivity contribution in [1.82, 2.24) is 5.32 Å². The molecule has 1 radical (unpaired) electrons. The molecule has 0 saturated carbocycles. The minimum absolute atomic E-state index is 0.907. The molecule has 1 nitrogen and oxygen atoms in total. The SMILES string of the molecule is C=CCNC[CH]C. The lowest BCUT2D eigenvalue weighted by atomic mass is 10.5. The zero-order valence-corrected chi connectivity index (χ0v) is 4.78. The van der Waals surface area contributed by atoms with E-state index in [0.717, 1.165) is 13.1 Å². The summed E-state index contributed by atoms with van der Waals surface area (Å²) < 4.78 is 0. The molecule has 0 amide bonds. The van der Waals surface area contributed by atoms with Crippen molar-refractivity contribution in [1.29, 1.82) is 0 Å². The molecule has 1 heteroatoms. The molecule has 0 aliphatic heterocycles. The van der Waals surface area contributed by atoms with Crippen molar-refractivity contribution in [3.8, 4) is 0 Å². The van der Waals surface area contributed by atoms with Crippen LogP contribution in [0.3, 0.4) is 0 Å². The highest BCUT2D eigenvalue weighted by molar-refractivity contribution is 4.71. The minimum atomic E-state index is 0.907. The summed E-state index contributed by atoms with van der Waals surface area (Å²) in [6.45, 7) is 7.47. The molecule has 1 N–H and O–H groups in total. The summed E-state index contributed by atoms with van der Waals surface area (Å²) >= 11 is 0. The van der Waals surface area contributed by atoms with Crippen molar-refractivity contribution < 1.29 is 0 Å². The summed E-state index contributed by atoms with van der Waals surface area (Å²) in [6.07, 6.45) is 3.92. The van der Waals surface area contributed by atoms with Gasteiger partial charge in [-0.05, 0) is 13.0 Å². The van der Waals surface area contributed by atoms with Crippen LogP contribution in [0.2, 0.25) is 0 Å². The monoisotopic (exact) mass is 98.1 g/mol. The Morgan fingerprint density at radius 1 is 1.57 bits per heavy atom.